The lowest BCUT2D eigenvalue weighted by molar-refractivity contribution is -0.274. The van der Waals surface area contributed by atoms with Gasteiger partial charge in [-0.05, 0) is 42.7 Å². The molecule has 0 bridgehead atoms. The van der Waals surface area contributed by atoms with Crippen molar-refractivity contribution < 1.29 is 22.6 Å². The van der Waals surface area contributed by atoms with Crippen molar-refractivity contribution in [2.75, 3.05) is 0 Å². The summed E-state index contributed by atoms with van der Waals surface area (Å²) in [5.41, 5.74) is 0.855. The summed E-state index contributed by atoms with van der Waals surface area (Å²) in [5, 5.41) is 9.84. The van der Waals surface area contributed by atoms with E-state index in [1.165, 1.54) is 23.9 Å². The van der Waals surface area contributed by atoms with E-state index >= 15 is 0 Å². The van der Waals surface area contributed by atoms with Gasteiger partial charge >= 0.3 is 6.36 Å². The number of nitrogens with zero attached hydrogens (tertiary/aromatic N) is 3. The molecule has 2 aromatic carbocycles. The number of aromatic nitrogens is 3. The standard InChI is InChI=1S/C20H17ClF3N3O2S/c21-16-3-1-2-4-17(16)28-11-18-25-26-19(27(18)14-7-8-14)30-12-13-5-9-15(10-6-13)29-20(22,23)24/h1-6,9-10,14H,7-8,11-12H2. The predicted molar refractivity (Wildman–Crippen MR) is 107 cm³/mol. The molecule has 0 unspecified atom stereocenters. The summed E-state index contributed by atoms with van der Waals surface area (Å²) in [6.07, 6.45) is -2.60. The second-order valence-electron chi connectivity index (χ2n) is 6.70. The van der Waals surface area contributed by atoms with E-state index in [1.54, 1.807) is 24.3 Å². The van der Waals surface area contributed by atoms with Crippen LogP contribution in [0.2, 0.25) is 5.02 Å². The number of para-hydroxylation sites is 1. The first-order valence-electron chi connectivity index (χ1n) is 9.17. The lowest BCUT2D eigenvalue weighted by Gasteiger charge is -2.11. The van der Waals surface area contributed by atoms with Crippen LogP contribution in [-0.4, -0.2) is 21.1 Å². The Balaban J connectivity index is 1.40. The number of ether oxygens (including phenoxy) is 2. The van der Waals surface area contributed by atoms with E-state index < -0.39 is 6.36 Å². The van der Waals surface area contributed by atoms with Gasteiger partial charge in [0, 0.05) is 11.8 Å². The zero-order valence-corrected chi connectivity index (χ0v) is 17.2. The largest absolute Gasteiger partial charge is 0.573 e. The minimum absolute atomic E-state index is 0.239. The van der Waals surface area contributed by atoms with Gasteiger partial charge in [-0.25, -0.2) is 0 Å². The van der Waals surface area contributed by atoms with Crippen LogP contribution in [0.15, 0.2) is 53.7 Å². The van der Waals surface area contributed by atoms with Crippen LogP contribution in [0, 0.1) is 0 Å². The summed E-state index contributed by atoms with van der Waals surface area (Å²) in [4.78, 5) is 0. The van der Waals surface area contributed by atoms with Crippen LogP contribution in [0.25, 0.3) is 0 Å². The van der Waals surface area contributed by atoms with Gasteiger partial charge in [0.15, 0.2) is 11.0 Å². The second kappa shape index (κ2) is 8.77. The number of halogens is 4. The molecule has 1 heterocycles. The molecule has 0 saturated heterocycles. The third-order valence-corrected chi connectivity index (χ3v) is 5.69. The maximum absolute atomic E-state index is 12.3. The van der Waals surface area contributed by atoms with Crippen LogP contribution in [-0.2, 0) is 12.4 Å². The molecule has 0 spiro atoms. The Morgan fingerprint density at radius 3 is 2.47 bits per heavy atom. The first-order chi connectivity index (χ1) is 14.4. The highest BCUT2D eigenvalue weighted by Gasteiger charge is 2.31. The number of thioether (sulfide) groups is 1. The maximum atomic E-state index is 12.3. The number of rotatable bonds is 8. The lowest BCUT2D eigenvalue weighted by atomic mass is 10.2. The van der Waals surface area contributed by atoms with Crippen LogP contribution in [0.5, 0.6) is 11.5 Å². The minimum atomic E-state index is -4.70. The summed E-state index contributed by atoms with van der Waals surface area (Å²) in [5.74, 6) is 1.60. The van der Waals surface area contributed by atoms with E-state index in [0.717, 1.165) is 23.6 Å². The number of hydrogen-bond acceptors (Lipinski definition) is 5. The predicted octanol–water partition coefficient (Wildman–Crippen LogP) is 6.04. The molecule has 10 heteroatoms. The van der Waals surface area contributed by atoms with Crippen molar-refractivity contribution in [3.8, 4) is 11.5 Å². The molecule has 3 aromatic rings. The molecular weight excluding hydrogens is 439 g/mol. The fourth-order valence-electron chi connectivity index (χ4n) is 2.84. The first-order valence-corrected chi connectivity index (χ1v) is 10.5. The van der Waals surface area contributed by atoms with Gasteiger partial charge in [-0.15, -0.1) is 23.4 Å². The molecule has 5 nitrogen and oxygen atoms in total. The monoisotopic (exact) mass is 455 g/mol. The molecule has 1 aliphatic carbocycles. The SMILES string of the molecule is FC(F)(F)Oc1ccc(CSc2nnc(COc3ccccc3Cl)n2C2CC2)cc1. The van der Waals surface area contributed by atoms with Crippen molar-refractivity contribution in [3.63, 3.8) is 0 Å². The fraction of sp³-hybridized carbons (Fsp3) is 0.300. The molecule has 0 aliphatic heterocycles. The molecule has 1 saturated carbocycles. The van der Waals surface area contributed by atoms with E-state index in [2.05, 4.69) is 19.5 Å². The zero-order chi connectivity index (χ0) is 21.1. The summed E-state index contributed by atoms with van der Waals surface area (Å²) in [6.45, 7) is 0.247. The van der Waals surface area contributed by atoms with Crippen molar-refractivity contribution >= 4 is 23.4 Å². The summed E-state index contributed by atoms with van der Waals surface area (Å²) < 4.78 is 48.6. The molecule has 1 aromatic heterocycles. The van der Waals surface area contributed by atoms with Crippen LogP contribution in [0.3, 0.4) is 0 Å². The lowest BCUT2D eigenvalue weighted by Crippen LogP contribution is -2.16. The molecule has 0 radical (unpaired) electrons. The van der Waals surface area contributed by atoms with Crippen molar-refractivity contribution in [2.45, 2.75) is 42.8 Å². The highest BCUT2D eigenvalue weighted by atomic mass is 35.5. The Kier molecular flexibility index (Phi) is 6.10. The Labute approximate surface area is 180 Å². The van der Waals surface area contributed by atoms with Gasteiger partial charge in [0.2, 0.25) is 0 Å². The van der Waals surface area contributed by atoms with E-state index in [1.807, 2.05) is 12.1 Å². The fourth-order valence-corrected chi connectivity index (χ4v) is 4.01. The zero-order valence-electron chi connectivity index (χ0n) is 15.6. The highest BCUT2D eigenvalue weighted by Crippen LogP contribution is 2.39. The third-order valence-electron chi connectivity index (χ3n) is 4.37. The molecule has 158 valence electrons. The van der Waals surface area contributed by atoms with Gasteiger partial charge in [-0.3, -0.25) is 4.57 Å². The Bertz CT molecular complexity index is 1010. The summed E-state index contributed by atoms with van der Waals surface area (Å²) in [6, 6.07) is 13.4. The third kappa shape index (κ3) is 5.40. The van der Waals surface area contributed by atoms with E-state index in [0.29, 0.717) is 28.4 Å². The van der Waals surface area contributed by atoms with E-state index in [4.69, 9.17) is 16.3 Å². The van der Waals surface area contributed by atoms with Crippen LogP contribution < -0.4 is 9.47 Å². The van der Waals surface area contributed by atoms with Gasteiger partial charge in [-0.1, -0.05) is 47.6 Å². The minimum Gasteiger partial charge on any atom is -0.484 e. The first kappa shape index (κ1) is 20.9. The topological polar surface area (TPSA) is 49.2 Å². The number of benzene rings is 2. The Morgan fingerprint density at radius 1 is 1.07 bits per heavy atom. The van der Waals surface area contributed by atoms with Gasteiger partial charge in [-0.2, -0.15) is 0 Å². The van der Waals surface area contributed by atoms with Gasteiger partial charge in [0.05, 0.1) is 5.02 Å². The van der Waals surface area contributed by atoms with Crippen LogP contribution >= 0.6 is 23.4 Å². The average Bonchev–Trinajstić information content (AvgIpc) is 3.46. The summed E-state index contributed by atoms with van der Waals surface area (Å²) in [7, 11) is 0. The smallest absolute Gasteiger partial charge is 0.484 e. The number of alkyl halides is 3. The molecule has 0 amide bonds. The maximum Gasteiger partial charge on any atom is 0.573 e. The van der Waals surface area contributed by atoms with Gasteiger partial charge in [0.25, 0.3) is 0 Å². The molecule has 0 N–H and O–H groups in total. The molecule has 1 fully saturated rings. The van der Waals surface area contributed by atoms with Crippen molar-refractivity contribution in [1.29, 1.82) is 0 Å². The summed E-state index contributed by atoms with van der Waals surface area (Å²) >= 11 is 7.61. The Hall–Kier alpha value is -2.39. The average molecular weight is 456 g/mol. The number of hydrogen-bond donors (Lipinski definition) is 0. The second-order valence-corrected chi connectivity index (χ2v) is 8.05. The van der Waals surface area contributed by atoms with Gasteiger partial charge < -0.3 is 9.47 Å². The Morgan fingerprint density at radius 2 is 1.80 bits per heavy atom. The van der Waals surface area contributed by atoms with E-state index in [9.17, 15) is 13.2 Å². The quantitative estimate of drug-likeness (QED) is 0.388. The van der Waals surface area contributed by atoms with Crippen molar-refractivity contribution in [3.05, 3.63) is 64.9 Å². The molecule has 30 heavy (non-hydrogen) atoms. The molecule has 0 atom stereocenters. The van der Waals surface area contributed by atoms with Crippen LogP contribution in [0.4, 0.5) is 13.2 Å². The van der Waals surface area contributed by atoms with Crippen molar-refractivity contribution in [1.82, 2.24) is 14.8 Å². The van der Waals surface area contributed by atoms with Crippen molar-refractivity contribution in [2.24, 2.45) is 0 Å². The highest BCUT2D eigenvalue weighted by molar-refractivity contribution is 7.98. The normalized spacial score (nSPS) is 14.0. The molecular formula is C20H17ClF3N3O2S. The van der Waals surface area contributed by atoms with Gasteiger partial charge in [0.1, 0.15) is 18.1 Å². The molecule has 1 aliphatic rings. The van der Waals surface area contributed by atoms with Crippen LogP contribution in [0.1, 0.15) is 30.3 Å². The molecule has 4 rings (SSSR count). The van der Waals surface area contributed by atoms with E-state index in [-0.39, 0.29) is 12.4 Å².